The van der Waals surface area contributed by atoms with Crippen molar-refractivity contribution in [1.82, 2.24) is 0 Å². The lowest BCUT2D eigenvalue weighted by Crippen LogP contribution is -2.44. The van der Waals surface area contributed by atoms with Gasteiger partial charge in [0.15, 0.2) is 6.29 Å². The van der Waals surface area contributed by atoms with Gasteiger partial charge in [0.05, 0.1) is 0 Å². The first-order chi connectivity index (χ1) is 12.1. The molecule has 0 saturated carbocycles. The van der Waals surface area contributed by atoms with Crippen molar-refractivity contribution >= 4 is 24.2 Å². The molecule has 26 heavy (non-hydrogen) atoms. The first kappa shape index (κ1) is 21.2. The molecule has 0 unspecified atom stereocenters. The zero-order valence-corrected chi connectivity index (χ0v) is 19.3. The first-order valence-corrected chi connectivity index (χ1v) is 12.4. The van der Waals surface area contributed by atoms with Crippen LogP contribution in [0.4, 0.5) is 0 Å². The third-order valence-corrected chi connectivity index (χ3v) is 10.1. The summed E-state index contributed by atoms with van der Waals surface area (Å²) in [5, 5.41) is 0.107. The van der Waals surface area contributed by atoms with Crippen molar-refractivity contribution < 1.29 is 13.9 Å². The summed E-state index contributed by atoms with van der Waals surface area (Å²) in [6.07, 6.45) is -0.458. The van der Waals surface area contributed by atoms with E-state index in [2.05, 4.69) is 55.9 Å². The Balaban J connectivity index is 2.70. The fraction of sp³-hybridized carbons (Fsp3) is 0.429. The minimum Gasteiger partial charge on any atom is -0.543 e. The average molecular weight is 437 g/mol. The normalized spacial score (nSPS) is 12.5. The van der Waals surface area contributed by atoms with Gasteiger partial charge in [-0.1, -0.05) is 67.0 Å². The van der Waals surface area contributed by atoms with Gasteiger partial charge in [-0.15, -0.1) is 0 Å². The number of methoxy groups -OCH3 is 2. The van der Waals surface area contributed by atoms with Crippen LogP contribution >= 0.6 is 15.9 Å². The van der Waals surface area contributed by atoms with Crippen LogP contribution in [0.5, 0.6) is 5.75 Å². The summed E-state index contributed by atoms with van der Waals surface area (Å²) in [5.74, 6) is 0.875. The lowest BCUT2D eigenvalue weighted by atomic mass is 9.98. The summed E-state index contributed by atoms with van der Waals surface area (Å²) in [6.45, 7) is 11.2. The zero-order valence-electron chi connectivity index (χ0n) is 16.7. The Kier molecular flexibility index (Phi) is 6.72. The number of rotatable bonds is 6. The zero-order chi connectivity index (χ0) is 19.5. The number of halogens is 1. The maximum absolute atomic E-state index is 6.69. The van der Waals surface area contributed by atoms with E-state index in [0.29, 0.717) is 0 Å². The minimum absolute atomic E-state index is 0.107. The molecule has 0 radical (unpaired) electrons. The number of benzene rings is 2. The van der Waals surface area contributed by atoms with Crippen molar-refractivity contribution in [1.29, 1.82) is 0 Å². The second kappa shape index (κ2) is 8.25. The Bertz CT molecular complexity index is 749. The lowest BCUT2D eigenvalue weighted by molar-refractivity contribution is -0.105. The highest BCUT2D eigenvalue weighted by Gasteiger charge is 2.39. The molecule has 142 valence electrons. The van der Waals surface area contributed by atoms with Crippen LogP contribution in [0.3, 0.4) is 0 Å². The summed E-state index contributed by atoms with van der Waals surface area (Å²) in [5.41, 5.74) is 3.03. The molecule has 0 aliphatic rings. The topological polar surface area (TPSA) is 27.7 Å². The minimum atomic E-state index is -2.00. The van der Waals surface area contributed by atoms with Crippen molar-refractivity contribution in [2.45, 2.75) is 45.2 Å². The fourth-order valence-electron chi connectivity index (χ4n) is 2.56. The smallest absolute Gasteiger partial charge is 0.250 e. The van der Waals surface area contributed by atoms with Gasteiger partial charge < -0.3 is 13.9 Å². The third kappa shape index (κ3) is 4.39. The van der Waals surface area contributed by atoms with Gasteiger partial charge in [-0.2, -0.15) is 0 Å². The molecular formula is C21H29BrO3Si. The molecule has 0 aromatic heterocycles. The van der Waals surface area contributed by atoms with Gasteiger partial charge in [0, 0.05) is 29.8 Å². The highest BCUT2D eigenvalue weighted by Crippen LogP contribution is 2.44. The van der Waals surface area contributed by atoms with Crippen molar-refractivity contribution in [2.75, 3.05) is 14.2 Å². The van der Waals surface area contributed by atoms with Crippen LogP contribution in [0, 0.1) is 0 Å². The summed E-state index contributed by atoms with van der Waals surface area (Å²) >= 11 is 3.69. The van der Waals surface area contributed by atoms with Crippen molar-refractivity contribution in [2.24, 2.45) is 0 Å². The SMILES string of the molecule is COC(OC)c1cccc(O[Si](C)(C)C(C)(C)C)c1-c1ccccc1Br. The molecule has 0 saturated heterocycles. The van der Waals surface area contributed by atoms with Gasteiger partial charge in [0.25, 0.3) is 8.32 Å². The lowest BCUT2D eigenvalue weighted by Gasteiger charge is -2.37. The van der Waals surface area contributed by atoms with Gasteiger partial charge in [0.2, 0.25) is 0 Å². The van der Waals surface area contributed by atoms with Crippen LogP contribution in [0.15, 0.2) is 46.9 Å². The summed E-state index contributed by atoms with van der Waals surface area (Å²) in [6, 6.07) is 14.2. The van der Waals surface area contributed by atoms with Crippen molar-refractivity contribution in [3.05, 3.63) is 52.5 Å². The number of hydrogen-bond donors (Lipinski definition) is 0. The van der Waals surface area contributed by atoms with Gasteiger partial charge in [-0.05, 0) is 35.8 Å². The molecule has 0 heterocycles. The van der Waals surface area contributed by atoms with E-state index in [9.17, 15) is 0 Å². The van der Waals surface area contributed by atoms with E-state index >= 15 is 0 Å². The van der Waals surface area contributed by atoms with Gasteiger partial charge in [0.1, 0.15) is 5.75 Å². The van der Waals surface area contributed by atoms with Crippen molar-refractivity contribution in [3.8, 4) is 16.9 Å². The Morgan fingerprint density at radius 3 is 2.08 bits per heavy atom. The summed E-state index contributed by atoms with van der Waals surface area (Å²) < 4.78 is 18.8. The number of ether oxygens (including phenoxy) is 2. The van der Waals surface area contributed by atoms with E-state index in [0.717, 1.165) is 26.9 Å². The van der Waals surface area contributed by atoms with Gasteiger partial charge >= 0.3 is 0 Å². The number of hydrogen-bond acceptors (Lipinski definition) is 3. The molecule has 0 bridgehead atoms. The molecule has 0 fully saturated rings. The Morgan fingerprint density at radius 2 is 1.54 bits per heavy atom. The molecule has 0 amide bonds. The maximum Gasteiger partial charge on any atom is 0.250 e. The highest BCUT2D eigenvalue weighted by molar-refractivity contribution is 9.10. The predicted octanol–water partition coefficient (Wildman–Crippen LogP) is 6.79. The molecular weight excluding hydrogens is 408 g/mol. The summed E-state index contributed by atoms with van der Waals surface area (Å²) in [7, 11) is 1.30. The average Bonchev–Trinajstić information content (AvgIpc) is 2.56. The van der Waals surface area contributed by atoms with Crippen LogP contribution in [0.25, 0.3) is 11.1 Å². The second-order valence-electron chi connectivity index (χ2n) is 7.87. The third-order valence-electron chi connectivity index (χ3n) is 5.06. The quantitative estimate of drug-likeness (QED) is 0.368. The van der Waals surface area contributed by atoms with E-state index in [4.69, 9.17) is 13.9 Å². The molecule has 0 aliphatic heterocycles. The molecule has 2 aromatic carbocycles. The van der Waals surface area contributed by atoms with E-state index in [-0.39, 0.29) is 5.04 Å². The van der Waals surface area contributed by atoms with Crippen LogP contribution in [0.1, 0.15) is 32.6 Å². The van der Waals surface area contributed by atoms with Crippen LogP contribution in [-0.2, 0) is 9.47 Å². The maximum atomic E-state index is 6.69. The second-order valence-corrected chi connectivity index (χ2v) is 13.4. The largest absolute Gasteiger partial charge is 0.543 e. The van der Waals surface area contributed by atoms with Crippen LogP contribution in [0.2, 0.25) is 18.1 Å². The van der Waals surface area contributed by atoms with Crippen LogP contribution < -0.4 is 4.43 Å². The Hall–Kier alpha value is -1.14. The van der Waals surface area contributed by atoms with Gasteiger partial charge in [-0.25, -0.2) is 0 Å². The molecule has 3 nitrogen and oxygen atoms in total. The molecule has 0 atom stereocenters. The standard InChI is InChI=1S/C21H29BrO3Si/c1-21(2,3)26(6,7)25-18-14-10-12-16(20(23-4)24-5)19(18)15-11-8-9-13-17(15)22/h8-14,20H,1-7H3. The Morgan fingerprint density at radius 1 is 0.923 bits per heavy atom. The molecule has 2 rings (SSSR count). The molecule has 0 spiro atoms. The molecule has 0 N–H and O–H groups in total. The van der Waals surface area contributed by atoms with E-state index in [1.807, 2.05) is 36.4 Å². The first-order valence-electron chi connectivity index (χ1n) is 8.75. The summed E-state index contributed by atoms with van der Waals surface area (Å²) in [4.78, 5) is 0. The molecule has 2 aromatic rings. The highest BCUT2D eigenvalue weighted by atomic mass is 79.9. The van der Waals surface area contributed by atoms with Crippen molar-refractivity contribution in [3.63, 3.8) is 0 Å². The Labute approximate surface area is 166 Å². The predicted molar refractivity (Wildman–Crippen MR) is 114 cm³/mol. The van der Waals surface area contributed by atoms with E-state index in [1.165, 1.54) is 0 Å². The van der Waals surface area contributed by atoms with E-state index < -0.39 is 14.6 Å². The monoisotopic (exact) mass is 436 g/mol. The fourth-order valence-corrected chi connectivity index (χ4v) is 4.07. The van der Waals surface area contributed by atoms with Crippen LogP contribution in [-0.4, -0.2) is 22.5 Å². The van der Waals surface area contributed by atoms with E-state index in [1.54, 1.807) is 14.2 Å². The van der Waals surface area contributed by atoms with Gasteiger partial charge in [-0.3, -0.25) is 0 Å². The molecule has 0 aliphatic carbocycles. The molecule has 5 heteroatoms.